The van der Waals surface area contributed by atoms with Crippen LogP contribution in [0.5, 0.6) is 5.88 Å². The van der Waals surface area contributed by atoms with Gasteiger partial charge < -0.3 is 15.5 Å². The molecule has 0 aliphatic rings. The van der Waals surface area contributed by atoms with Gasteiger partial charge in [0, 0.05) is 6.54 Å². The summed E-state index contributed by atoms with van der Waals surface area (Å²) in [4.78, 5) is 17.1. The van der Waals surface area contributed by atoms with Crippen molar-refractivity contribution in [3.05, 3.63) is 21.2 Å². The van der Waals surface area contributed by atoms with Crippen LogP contribution in [0.4, 0.5) is 0 Å². The van der Waals surface area contributed by atoms with Gasteiger partial charge in [-0.2, -0.15) is 0 Å². The maximum atomic E-state index is 10.9. The minimum absolute atomic E-state index is 0.267. The van der Waals surface area contributed by atoms with Crippen LogP contribution < -0.4 is 16.0 Å². The van der Waals surface area contributed by atoms with Gasteiger partial charge in [0.25, 0.3) is 5.56 Å². The number of halogens is 1. The molecular formula is C6H8BrN3O2. The number of hydrogen-bond acceptors (Lipinski definition) is 4. The van der Waals surface area contributed by atoms with E-state index in [4.69, 9.17) is 10.5 Å². The standard InChI is InChI=1S/C6H8BrN3O2/c7-4-5(11)9-3-10-6(4)12-2-1-8/h3H,1-2,8H2,(H,9,10,11). The zero-order valence-electron chi connectivity index (χ0n) is 6.21. The van der Waals surface area contributed by atoms with Crippen LogP contribution in [0.2, 0.25) is 0 Å². The molecule has 1 aromatic rings. The molecule has 0 aliphatic heterocycles. The van der Waals surface area contributed by atoms with Gasteiger partial charge in [-0.3, -0.25) is 4.79 Å². The van der Waals surface area contributed by atoms with Crippen LogP contribution in [-0.2, 0) is 0 Å². The molecule has 0 bridgehead atoms. The molecule has 1 rings (SSSR count). The van der Waals surface area contributed by atoms with Gasteiger partial charge in [0.05, 0.1) is 6.33 Å². The van der Waals surface area contributed by atoms with E-state index in [2.05, 4.69) is 25.9 Å². The number of aromatic nitrogens is 2. The summed E-state index contributed by atoms with van der Waals surface area (Å²) in [6.07, 6.45) is 1.28. The van der Waals surface area contributed by atoms with Crippen LogP contribution in [0.15, 0.2) is 15.6 Å². The Labute approximate surface area is 77.1 Å². The van der Waals surface area contributed by atoms with Crippen LogP contribution in [0.1, 0.15) is 0 Å². The van der Waals surface area contributed by atoms with Gasteiger partial charge in [-0.05, 0) is 15.9 Å². The number of ether oxygens (including phenoxy) is 1. The first-order valence-corrected chi connectivity index (χ1v) is 4.11. The van der Waals surface area contributed by atoms with Crippen molar-refractivity contribution in [2.45, 2.75) is 0 Å². The second kappa shape index (κ2) is 4.22. The van der Waals surface area contributed by atoms with E-state index in [-0.39, 0.29) is 11.4 Å². The van der Waals surface area contributed by atoms with Gasteiger partial charge in [0.15, 0.2) is 0 Å². The van der Waals surface area contributed by atoms with E-state index in [0.29, 0.717) is 17.6 Å². The number of hydrogen-bond donors (Lipinski definition) is 2. The number of H-pyrrole nitrogens is 1. The Bertz CT molecular complexity index is 312. The Morgan fingerprint density at radius 3 is 3.17 bits per heavy atom. The molecule has 6 heteroatoms. The zero-order valence-corrected chi connectivity index (χ0v) is 7.80. The maximum absolute atomic E-state index is 10.9. The molecular weight excluding hydrogens is 226 g/mol. The summed E-state index contributed by atoms with van der Waals surface area (Å²) >= 11 is 3.04. The molecule has 0 saturated carbocycles. The normalized spacial score (nSPS) is 9.83. The van der Waals surface area contributed by atoms with Crippen molar-refractivity contribution in [2.75, 3.05) is 13.2 Å². The summed E-state index contributed by atoms with van der Waals surface area (Å²) in [5.41, 5.74) is 4.94. The largest absolute Gasteiger partial charge is 0.475 e. The van der Waals surface area contributed by atoms with Crippen LogP contribution in [-0.4, -0.2) is 23.1 Å². The molecule has 0 aromatic carbocycles. The fraction of sp³-hybridized carbons (Fsp3) is 0.333. The molecule has 66 valence electrons. The first kappa shape index (κ1) is 9.21. The van der Waals surface area contributed by atoms with Crippen molar-refractivity contribution in [2.24, 2.45) is 5.73 Å². The highest BCUT2D eigenvalue weighted by Gasteiger charge is 2.04. The van der Waals surface area contributed by atoms with Crippen molar-refractivity contribution < 1.29 is 4.74 Å². The summed E-state index contributed by atoms with van der Waals surface area (Å²) in [6.45, 7) is 0.732. The van der Waals surface area contributed by atoms with Crippen LogP contribution in [0, 0.1) is 0 Å². The molecule has 5 nitrogen and oxygen atoms in total. The molecule has 12 heavy (non-hydrogen) atoms. The lowest BCUT2D eigenvalue weighted by atomic mass is 10.6. The molecule has 0 radical (unpaired) electrons. The predicted octanol–water partition coefficient (Wildman–Crippen LogP) is -0.130. The van der Waals surface area contributed by atoms with Crippen molar-refractivity contribution in [1.29, 1.82) is 0 Å². The third-order valence-corrected chi connectivity index (χ3v) is 1.82. The summed E-state index contributed by atoms with van der Waals surface area (Å²) in [5.74, 6) is 0.268. The Balaban J connectivity index is 2.85. The van der Waals surface area contributed by atoms with E-state index in [1.54, 1.807) is 0 Å². The molecule has 0 atom stereocenters. The predicted molar refractivity (Wildman–Crippen MR) is 47.1 cm³/mol. The molecule has 0 fully saturated rings. The van der Waals surface area contributed by atoms with Gasteiger partial charge in [-0.25, -0.2) is 4.98 Å². The molecule has 0 unspecified atom stereocenters. The number of nitrogens with zero attached hydrogens (tertiary/aromatic N) is 1. The van der Waals surface area contributed by atoms with E-state index < -0.39 is 0 Å². The third-order valence-electron chi connectivity index (χ3n) is 1.12. The molecule has 0 amide bonds. The first-order chi connectivity index (χ1) is 5.75. The van der Waals surface area contributed by atoms with Gasteiger partial charge in [-0.1, -0.05) is 0 Å². The van der Waals surface area contributed by atoms with E-state index >= 15 is 0 Å². The fourth-order valence-electron chi connectivity index (χ4n) is 0.623. The van der Waals surface area contributed by atoms with Gasteiger partial charge >= 0.3 is 0 Å². The molecule has 1 aromatic heterocycles. The quantitative estimate of drug-likeness (QED) is 0.763. The Hall–Kier alpha value is -0.880. The zero-order chi connectivity index (χ0) is 8.97. The van der Waals surface area contributed by atoms with E-state index in [9.17, 15) is 4.79 Å². The third kappa shape index (κ3) is 2.05. The molecule has 3 N–H and O–H groups in total. The topological polar surface area (TPSA) is 81.0 Å². The number of nitrogens with one attached hydrogen (secondary N) is 1. The maximum Gasteiger partial charge on any atom is 0.268 e. The van der Waals surface area contributed by atoms with Gasteiger partial charge in [-0.15, -0.1) is 0 Å². The van der Waals surface area contributed by atoms with Crippen LogP contribution in [0.3, 0.4) is 0 Å². The monoisotopic (exact) mass is 233 g/mol. The van der Waals surface area contributed by atoms with Gasteiger partial charge in [0.2, 0.25) is 5.88 Å². The molecule has 1 heterocycles. The smallest absolute Gasteiger partial charge is 0.268 e. The van der Waals surface area contributed by atoms with Crippen molar-refractivity contribution in [3.8, 4) is 5.88 Å². The van der Waals surface area contributed by atoms with E-state index in [0.717, 1.165) is 0 Å². The minimum atomic E-state index is -0.267. The summed E-state index contributed by atoms with van der Waals surface area (Å²) < 4.78 is 5.35. The number of rotatable bonds is 3. The summed E-state index contributed by atoms with van der Waals surface area (Å²) in [7, 11) is 0. The Morgan fingerprint density at radius 2 is 2.50 bits per heavy atom. The highest BCUT2D eigenvalue weighted by molar-refractivity contribution is 9.10. The van der Waals surface area contributed by atoms with E-state index in [1.807, 2.05) is 0 Å². The highest BCUT2D eigenvalue weighted by Crippen LogP contribution is 2.15. The molecule has 0 saturated heterocycles. The van der Waals surface area contributed by atoms with Crippen molar-refractivity contribution in [1.82, 2.24) is 9.97 Å². The van der Waals surface area contributed by atoms with Crippen LogP contribution >= 0.6 is 15.9 Å². The Morgan fingerprint density at radius 1 is 1.75 bits per heavy atom. The average Bonchev–Trinajstić information content (AvgIpc) is 2.08. The van der Waals surface area contributed by atoms with E-state index in [1.165, 1.54) is 6.33 Å². The lowest BCUT2D eigenvalue weighted by Gasteiger charge is -2.02. The molecule has 0 aliphatic carbocycles. The fourth-order valence-corrected chi connectivity index (χ4v) is 0.954. The second-order valence-corrected chi connectivity index (χ2v) is 2.78. The summed E-state index contributed by atoms with van der Waals surface area (Å²) in [6, 6.07) is 0. The number of aromatic amines is 1. The Kier molecular flexibility index (Phi) is 3.24. The lowest BCUT2D eigenvalue weighted by molar-refractivity contribution is 0.312. The van der Waals surface area contributed by atoms with Gasteiger partial charge in [0.1, 0.15) is 11.1 Å². The second-order valence-electron chi connectivity index (χ2n) is 1.99. The highest BCUT2D eigenvalue weighted by atomic mass is 79.9. The number of nitrogens with two attached hydrogens (primary N) is 1. The van der Waals surface area contributed by atoms with Crippen molar-refractivity contribution >= 4 is 15.9 Å². The lowest BCUT2D eigenvalue weighted by Crippen LogP contribution is -2.15. The summed E-state index contributed by atoms with van der Waals surface area (Å²) in [5, 5.41) is 0. The SMILES string of the molecule is NCCOc1nc[nH]c(=O)c1Br. The van der Waals surface area contributed by atoms with Crippen molar-refractivity contribution in [3.63, 3.8) is 0 Å². The molecule has 0 spiro atoms. The minimum Gasteiger partial charge on any atom is -0.475 e. The average molecular weight is 234 g/mol. The van der Waals surface area contributed by atoms with Crippen LogP contribution in [0.25, 0.3) is 0 Å². The first-order valence-electron chi connectivity index (χ1n) is 3.31.